The Balaban J connectivity index is 1.13. The van der Waals surface area contributed by atoms with Crippen LogP contribution in [0.5, 0.6) is 11.5 Å². The van der Waals surface area contributed by atoms with E-state index in [9.17, 15) is 14.0 Å². The van der Waals surface area contributed by atoms with Crippen LogP contribution in [0.15, 0.2) is 90.1 Å². The van der Waals surface area contributed by atoms with E-state index >= 15 is 4.39 Å². The van der Waals surface area contributed by atoms with E-state index in [2.05, 4.69) is 11.9 Å². The number of halogens is 2. The zero-order valence-electron chi connectivity index (χ0n) is 30.8. The van der Waals surface area contributed by atoms with Crippen molar-refractivity contribution in [2.24, 2.45) is 5.41 Å². The molecule has 0 saturated carbocycles. The number of aromatic nitrogens is 2. The zero-order chi connectivity index (χ0) is 38.5. The molecule has 2 N–H and O–H groups in total. The maximum Gasteiger partial charge on any atom is 0.200 e. The van der Waals surface area contributed by atoms with Crippen LogP contribution in [0.25, 0.3) is 33.4 Å². The highest BCUT2D eigenvalue weighted by atomic mass is 19.1. The summed E-state index contributed by atoms with van der Waals surface area (Å²) in [7, 11) is 1.55. The maximum absolute atomic E-state index is 15.9. The Morgan fingerprint density at radius 3 is 2.40 bits per heavy atom. The number of methoxy groups -OCH3 is 1. The molecule has 0 aliphatic carbocycles. The van der Waals surface area contributed by atoms with Crippen LogP contribution in [-0.4, -0.2) is 68.2 Å². The Morgan fingerprint density at radius 2 is 1.67 bits per heavy atom. The second kappa shape index (κ2) is 16.5. The molecule has 1 atom stereocenters. The molecular formula is C43H43F2N3O7. The number of nitrogen functional groups attached to an aromatic ring is 1. The molecule has 2 aliphatic heterocycles. The van der Waals surface area contributed by atoms with Crippen LogP contribution in [0, 0.1) is 17.0 Å². The first kappa shape index (κ1) is 37.9. The second-order valence-corrected chi connectivity index (χ2v) is 14.3. The molecule has 12 heteroatoms. The number of ether oxygens (including phenoxy) is 5. The number of carbonyl (C=O) groups excluding carboxylic acids is 1. The topological polar surface area (TPSA) is 124 Å². The Hall–Kier alpha value is -5.43. The van der Waals surface area contributed by atoms with Gasteiger partial charge in [-0.05, 0) is 71.3 Å². The molecule has 5 aromatic rings. The molecule has 0 bridgehead atoms. The Labute approximate surface area is 317 Å². The van der Waals surface area contributed by atoms with Gasteiger partial charge in [-0.1, -0.05) is 37.3 Å². The average Bonchev–Trinajstić information content (AvgIpc) is 3.19. The van der Waals surface area contributed by atoms with Gasteiger partial charge < -0.3 is 34.0 Å². The van der Waals surface area contributed by atoms with Crippen molar-refractivity contribution in [3.8, 4) is 44.9 Å². The molecule has 2 aromatic heterocycles. The number of rotatable bonds is 12. The molecule has 10 nitrogen and oxygen atoms in total. The summed E-state index contributed by atoms with van der Waals surface area (Å²) < 4.78 is 59.8. The van der Waals surface area contributed by atoms with Gasteiger partial charge in [0.2, 0.25) is 0 Å². The standard InChI is InChI=1S/C43H43F2N3O7/c1-43(11-13-52-14-12-43)26-48-22-35(28-4-7-31(44)8-5-28)41(50)36(23-48)38(49)18-27-3-9-33(37(45)17-27)34-19-30(21-47-42(34)46)29-6-10-39(40(20-29)51-2)55-25-32-24-53-15-16-54-32/h3-10,17,19-23,32H,11-16,18,24-26H2,1-2H3,(H2,46,47)/t32-/m1/s1. The number of nitrogens with zero attached hydrogens (tertiary/aromatic N) is 2. The van der Waals surface area contributed by atoms with Gasteiger partial charge in [-0.25, -0.2) is 13.8 Å². The van der Waals surface area contributed by atoms with Crippen molar-refractivity contribution in [1.29, 1.82) is 0 Å². The fourth-order valence-corrected chi connectivity index (χ4v) is 7.02. The Kier molecular flexibility index (Phi) is 11.4. The van der Waals surface area contributed by atoms with Crippen LogP contribution in [0.1, 0.15) is 35.7 Å². The first-order valence-electron chi connectivity index (χ1n) is 18.2. The van der Waals surface area contributed by atoms with Crippen LogP contribution in [-0.2, 0) is 27.2 Å². The molecule has 7 rings (SSSR count). The quantitative estimate of drug-likeness (QED) is 0.132. The molecule has 286 valence electrons. The van der Waals surface area contributed by atoms with Gasteiger partial charge in [0.05, 0.1) is 32.5 Å². The van der Waals surface area contributed by atoms with Crippen LogP contribution >= 0.6 is 0 Å². The third-order valence-electron chi connectivity index (χ3n) is 10.2. The van der Waals surface area contributed by atoms with Gasteiger partial charge >= 0.3 is 0 Å². The number of benzene rings is 3. The monoisotopic (exact) mass is 751 g/mol. The van der Waals surface area contributed by atoms with Gasteiger partial charge in [0.25, 0.3) is 0 Å². The number of anilines is 1. The van der Waals surface area contributed by atoms with Gasteiger partial charge in [0.1, 0.15) is 30.2 Å². The second-order valence-electron chi connectivity index (χ2n) is 14.3. The van der Waals surface area contributed by atoms with Crippen LogP contribution in [0.2, 0.25) is 0 Å². The molecule has 0 spiro atoms. The predicted molar refractivity (Wildman–Crippen MR) is 204 cm³/mol. The summed E-state index contributed by atoms with van der Waals surface area (Å²) in [5.41, 5.74) is 8.83. The summed E-state index contributed by atoms with van der Waals surface area (Å²) in [6.45, 7) is 5.82. The highest BCUT2D eigenvalue weighted by molar-refractivity contribution is 5.98. The first-order valence-corrected chi connectivity index (χ1v) is 18.2. The van der Waals surface area contributed by atoms with E-state index in [0.717, 1.165) is 18.4 Å². The number of hydrogen-bond acceptors (Lipinski definition) is 9. The summed E-state index contributed by atoms with van der Waals surface area (Å²) in [6.07, 6.45) is 6.15. The highest BCUT2D eigenvalue weighted by Crippen LogP contribution is 2.36. The summed E-state index contributed by atoms with van der Waals surface area (Å²) in [5, 5.41) is 0. The van der Waals surface area contributed by atoms with E-state index in [1.54, 1.807) is 56.0 Å². The molecule has 0 radical (unpaired) electrons. The van der Waals surface area contributed by atoms with Crippen LogP contribution < -0.4 is 20.6 Å². The van der Waals surface area contributed by atoms with E-state index in [-0.39, 0.29) is 40.4 Å². The number of carbonyl (C=O) groups is 1. The lowest BCUT2D eigenvalue weighted by Crippen LogP contribution is -2.33. The van der Waals surface area contributed by atoms with Crippen molar-refractivity contribution in [1.82, 2.24) is 9.55 Å². The van der Waals surface area contributed by atoms with Gasteiger partial charge in [-0.3, -0.25) is 9.59 Å². The van der Waals surface area contributed by atoms with Gasteiger partial charge in [0, 0.05) is 67.0 Å². The molecule has 4 heterocycles. The van der Waals surface area contributed by atoms with Crippen molar-refractivity contribution < 1.29 is 37.3 Å². The number of hydrogen-bond donors (Lipinski definition) is 1. The number of ketones is 1. The third kappa shape index (κ3) is 8.77. The number of pyridine rings is 2. The minimum atomic E-state index is -0.601. The fourth-order valence-electron chi connectivity index (χ4n) is 7.02. The third-order valence-corrected chi connectivity index (χ3v) is 10.2. The van der Waals surface area contributed by atoms with Crippen molar-refractivity contribution in [3.05, 3.63) is 118 Å². The highest BCUT2D eigenvalue weighted by Gasteiger charge is 2.29. The summed E-state index contributed by atoms with van der Waals surface area (Å²) >= 11 is 0. The lowest BCUT2D eigenvalue weighted by molar-refractivity contribution is -0.101. The lowest BCUT2D eigenvalue weighted by Gasteiger charge is -2.34. The maximum atomic E-state index is 15.9. The van der Waals surface area contributed by atoms with Crippen molar-refractivity contribution in [2.45, 2.75) is 38.8 Å². The summed E-state index contributed by atoms with van der Waals surface area (Å²) in [6, 6.07) is 17.3. The Morgan fingerprint density at radius 1 is 0.891 bits per heavy atom. The SMILES string of the molecule is COc1cc(-c2cnc(N)c(-c3ccc(CC(=O)c4cn(CC5(C)CCOCC5)cc(-c5ccc(F)cc5)c4=O)cc3F)c2)ccc1OC[C@H]1COCCO1. The van der Waals surface area contributed by atoms with Gasteiger partial charge in [0.15, 0.2) is 22.7 Å². The van der Waals surface area contributed by atoms with E-state index in [4.69, 9.17) is 29.4 Å². The Bertz CT molecular complexity index is 2230. The van der Waals surface area contributed by atoms with E-state index in [1.807, 2.05) is 10.6 Å². The molecule has 3 aromatic carbocycles. The van der Waals surface area contributed by atoms with Crippen LogP contribution in [0.3, 0.4) is 0 Å². The zero-order valence-corrected chi connectivity index (χ0v) is 30.8. The minimum Gasteiger partial charge on any atom is -0.493 e. The normalized spacial score (nSPS) is 16.8. The molecule has 2 aliphatic rings. The molecule has 0 amide bonds. The van der Waals surface area contributed by atoms with E-state index in [0.29, 0.717) is 79.9 Å². The first-order chi connectivity index (χ1) is 26.6. The van der Waals surface area contributed by atoms with Crippen molar-refractivity contribution in [3.63, 3.8) is 0 Å². The minimum absolute atomic E-state index is 0.0219. The van der Waals surface area contributed by atoms with Crippen molar-refractivity contribution in [2.75, 3.05) is 52.5 Å². The van der Waals surface area contributed by atoms with E-state index < -0.39 is 22.8 Å². The smallest absolute Gasteiger partial charge is 0.200 e. The van der Waals surface area contributed by atoms with Crippen LogP contribution in [0.4, 0.5) is 14.6 Å². The largest absolute Gasteiger partial charge is 0.493 e. The molecular weight excluding hydrogens is 708 g/mol. The molecule has 2 fully saturated rings. The summed E-state index contributed by atoms with van der Waals surface area (Å²) in [5.74, 6) is -0.329. The van der Waals surface area contributed by atoms with E-state index in [1.165, 1.54) is 30.3 Å². The average molecular weight is 752 g/mol. The van der Waals surface area contributed by atoms with Gasteiger partial charge in [-0.2, -0.15) is 0 Å². The van der Waals surface area contributed by atoms with Gasteiger partial charge in [-0.15, -0.1) is 0 Å². The molecule has 2 saturated heterocycles. The fraction of sp³-hybridized carbons (Fsp3) is 0.326. The summed E-state index contributed by atoms with van der Waals surface area (Å²) in [4.78, 5) is 32.0. The number of Topliss-reactive ketones (excluding diaryl/α,β-unsaturated/α-hetero) is 1. The molecule has 55 heavy (non-hydrogen) atoms. The van der Waals surface area contributed by atoms with Crippen molar-refractivity contribution >= 4 is 11.6 Å². The number of nitrogens with two attached hydrogens (primary N) is 1. The lowest BCUT2D eigenvalue weighted by atomic mass is 9.82. The predicted octanol–water partition coefficient (Wildman–Crippen LogP) is 7.15. The molecule has 0 unspecified atom stereocenters.